The number of hydrogen-bond acceptors (Lipinski definition) is 1. The highest BCUT2D eigenvalue weighted by molar-refractivity contribution is 5.01. The molecule has 0 saturated carbocycles. The van der Waals surface area contributed by atoms with Gasteiger partial charge in [0.2, 0.25) is 0 Å². The van der Waals surface area contributed by atoms with Crippen LogP contribution >= 0.6 is 0 Å². The van der Waals surface area contributed by atoms with Crippen molar-refractivity contribution >= 4 is 0 Å². The van der Waals surface area contributed by atoms with Crippen LogP contribution < -0.4 is 0 Å². The van der Waals surface area contributed by atoms with E-state index in [2.05, 4.69) is 6.58 Å². The van der Waals surface area contributed by atoms with Crippen LogP contribution in [0.5, 0.6) is 0 Å². The Morgan fingerprint density at radius 2 is 1.73 bits per heavy atom. The van der Waals surface area contributed by atoms with Crippen molar-refractivity contribution in [1.82, 2.24) is 4.90 Å². The molecule has 11 heavy (non-hydrogen) atoms. The van der Waals surface area contributed by atoms with Crippen LogP contribution in [0.1, 0.15) is 13.8 Å². The van der Waals surface area contributed by atoms with Crippen LogP contribution in [0.2, 0.25) is 0 Å². The smallest absolute Gasteiger partial charge is 0.369 e. The molecule has 0 bridgehead atoms. The van der Waals surface area contributed by atoms with E-state index in [0.717, 1.165) is 4.90 Å². The van der Waals surface area contributed by atoms with Gasteiger partial charge >= 0.3 is 6.18 Å². The van der Waals surface area contributed by atoms with Gasteiger partial charge in [0, 0.05) is 13.1 Å². The van der Waals surface area contributed by atoms with E-state index in [1.807, 2.05) is 0 Å². The Labute approximate surface area is 64.5 Å². The van der Waals surface area contributed by atoms with Gasteiger partial charge in [-0.1, -0.05) is 6.58 Å². The number of halogens is 3. The molecule has 1 nitrogen and oxygen atoms in total. The van der Waals surface area contributed by atoms with Gasteiger partial charge in [-0.05, 0) is 13.8 Å². The average Bonchev–Trinajstić information content (AvgIpc) is 1.82. The highest BCUT2D eigenvalue weighted by Crippen LogP contribution is 2.26. The standard InChI is InChI=1S/C7H12F3N/c1-5(2)11(4)6(3)7(8,9)10/h5H,3H2,1-2,4H3. The largest absolute Gasteiger partial charge is 0.430 e. The van der Waals surface area contributed by atoms with Crippen molar-refractivity contribution in [3.05, 3.63) is 12.3 Å². The van der Waals surface area contributed by atoms with Crippen LogP contribution in [0, 0.1) is 0 Å². The van der Waals surface area contributed by atoms with Gasteiger partial charge in [0.1, 0.15) is 5.70 Å². The summed E-state index contributed by atoms with van der Waals surface area (Å²) < 4.78 is 35.8. The number of hydrogen-bond donors (Lipinski definition) is 0. The number of rotatable bonds is 2. The molecule has 0 aromatic carbocycles. The van der Waals surface area contributed by atoms with Crippen LogP contribution in [0.4, 0.5) is 13.2 Å². The Bertz CT molecular complexity index is 148. The minimum atomic E-state index is -4.31. The minimum Gasteiger partial charge on any atom is -0.369 e. The van der Waals surface area contributed by atoms with Crippen molar-refractivity contribution in [2.24, 2.45) is 0 Å². The Hall–Kier alpha value is -0.670. The van der Waals surface area contributed by atoms with Crippen LogP contribution in [0.3, 0.4) is 0 Å². The molecule has 0 fully saturated rings. The molecule has 0 aliphatic heterocycles. The summed E-state index contributed by atoms with van der Waals surface area (Å²) in [6.45, 7) is 6.30. The molecule has 66 valence electrons. The predicted octanol–water partition coefficient (Wildman–Crippen LogP) is 2.40. The molecule has 0 unspecified atom stereocenters. The third-order valence-electron chi connectivity index (χ3n) is 1.53. The molecule has 0 aromatic rings. The van der Waals surface area contributed by atoms with Crippen LogP contribution in [-0.4, -0.2) is 24.2 Å². The van der Waals surface area contributed by atoms with Gasteiger partial charge in [0.05, 0.1) is 0 Å². The SMILES string of the molecule is C=C(N(C)C(C)C)C(F)(F)F. The first-order chi connectivity index (χ1) is 4.76. The molecule has 0 heterocycles. The maximum atomic E-state index is 11.9. The normalized spacial score (nSPS) is 11.9. The fraction of sp³-hybridized carbons (Fsp3) is 0.714. The zero-order valence-corrected chi connectivity index (χ0v) is 6.87. The molecule has 0 radical (unpaired) electrons. The van der Waals surface area contributed by atoms with Gasteiger partial charge in [0.15, 0.2) is 0 Å². The second-order valence-corrected chi connectivity index (χ2v) is 2.65. The summed E-state index contributed by atoms with van der Waals surface area (Å²) in [6, 6.07) is -0.177. The molecule has 0 N–H and O–H groups in total. The monoisotopic (exact) mass is 167 g/mol. The van der Waals surface area contributed by atoms with Gasteiger partial charge < -0.3 is 4.90 Å². The van der Waals surface area contributed by atoms with Gasteiger partial charge in [0.25, 0.3) is 0 Å². The lowest BCUT2D eigenvalue weighted by Gasteiger charge is -2.26. The van der Waals surface area contributed by atoms with E-state index in [4.69, 9.17) is 0 Å². The molecule has 0 spiro atoms. The van der Waals surface area contributed by atoms with Crippen molar-refractivity contribution in [3.63, 3.8) is 0 Å². The average molecular weight is 167 g/mol. The highest BCUT2D eigenvalue weighted by atomic mass is 19.4. The fourth-order valence-electron chi connectivity index (χ4n) is 0.512. The molecule has 0 aliphatic carbocycles. The molecule has 0 aliphatic rings. The summed E-state index contributed by atoms with van der Waals surface area (Å²) >= 11 is 0. The van der Waals surface area contributed by atoms with Crippen molar-refractivity contribution in [2.75, 3.05) is 7.05 Å². The third kappa shape index (κ3) is 2.82. The van der Waals surface area contributed by atoms with E-state index in [0.29, 0.717) is 0 Å². The van der Waals surface area contributed by atoms with E-state index in [1.165, 1.54) is 7.05 Å². The first-order valence-corrected chi connectivity index (χ1v) is 3.25. The first-order valence-electron chi connectivity index (χ1n) is 3.25. The van der Waals surface area contributed by atoms with E-state index in [9.17, 15) is 13.2 Å². The molecule has 0 saturated heterocycles. The molecule has 0 rings (SSSR count). The molecular formula is C7H12F3N. The van der Waals surface area contributed by atoms with Gasteiger partial charge in [-0.3, -0.25) is 0 Å². The third-order valence-corrected chi connectivity index (χ3v) is 1.53. The molecule has 0 aromatic heterocycles. The van der Waals surface area contributed by atoms with Crippen molar-refractivity contribution < 1.29 is 13.2 Å². The summed E-state index contributed by atoms with van der Waals surface area (Å²) in [5.74, 6) is 0. The van der Waals surface area contributed by atoms with Crippen LogP contribution in [-0.2, 0) is 0 Å². The van der Waals surface area contributed by atoms with E-state index < -0.39 is 11.9 Å². The van der Waals surface area contributed by atoms with Crippen LogP contribution in [0.15, 0.2) is 12.3 Å². The number of alkyl halides is 3. The summed E-state index contributed by atoms with van der Waals surface area (Å²) in [5, 5.41) is 0. The molecular weight excluding hydrogens is 155 g/mol. The molecule has 0 amide bonds. The summed E-state index contributed by atoms with van der Waals surface area (Å²) in [5.41, 5.74) is -0.799. The molecule has 0 atom stereocenters. The summed E-state index contributed by atoms with van der Waals surface area (Å²) in [7, 11) is 1.38. The Morgan fingerprint density at radius 3 is 1.82 bits per heavy atom. The second-order valence-electron chi connectivity index (χ2n) is 2.65. The minimum absolute atomic E-state index is 0.177. The van der Waals surface area contributed by atoms with Crippen molar-refractivity contribution in [3.8, 4) is 0 Å². The van der Waals surface area contributed by atoms with Gasteiger partial charge in [-0.2, -0.15) is 13.2 Å². The number of nitrogens with zero attached hydrogens (tertiary/aromatic N) is 1. The Balaban J connectivity index is 4.26. The van der Waals surface area contributed by atoms with E-state index >= 15 is 0 Å². The maximum absolute atomic E-state index is 11.9. The van der Waals surface area contributed by atoms with Crippen LogP contribution in [0.25, 0.3) is 0 Å². The lowest BCUT2D eigenvalue weighted by Crippen LogP contribution is -2.32. The predicted molar refractivity (Wildman–Crippen MR) is 38.1 cm³/mol. The van der Waals surface area contributed by atoms with E-state index in [-0.39, 0.29) is 6.04 Å². The van der Waals surface area contributed by atoms with Gasteiger partial charge in [-0.25, -0.2) is 0 Å². The zero-order valence-electron chi connectivity index (χ0n) is 6.87. The Morgan fingerprint density at radius 1 is 1.36 bits per heavy atom. The second kappa shape index (κ2) is 3.15. The lowest BCUT2D eigenvalue weighted by molar-refractivity contribution is -0.111. The fourth-order valence-corrected chi connectivity index (χ4v) is 0.512. The van der Waals surface area contributed by atoms with Gasteiger partial charge in [-0.15, -0.1) is 0 Å². The topological polar surface area (TPSA) is 3.24 Å². The maximum Gasteiger partial charge on any atom is 0.430 e. The molecule has 4 heteroatoms. The highest BCUT2D eigenvalue weighted by Gasteiger charge is 2.35. The lowest BCUT2D eigenvalue weighted by atomic mass is 10.3. The summed E-state index contributed by atoms with van der Waals surface area (Å²) in [4.78, 5) is 1.10. The first kappa shape index (κ1) is 10.3. The zero-order chi connectivity index (χ0) is 9.23. The van der Waals surface area contributed by atoms with Crippen molar-refractivity contribution in [1.29, 1.82) is 0 Å². The Kier molecular flexibility index (Phi) is 2.96. The van der Waals surface area contributed by atoms with E-state index in [1.54, 1.807) is 13.8 Å². The quantitative estimate of drug-likeness (QED) is 0.610. The van der Waals surface area contributed by atoms with Crippen molar-refractivity contribution in [2.45, 2.75) is 26.1 Å². The summed E-state index contributed by atoms with van der Waals surface area (Å²) in [6.07, 6.45) is -4.31. The number of allylic oxidation sites excluding steroid dienone is 1.